The van der Waals surface area contributed by atoms with Crippen LogP contribution >= 0.6 is 24.0 Å². The number of hydrogen-bond acceptors (Lipinski definition) is 3. The first-order valence-electron chi connectivity index (χ1n) is 10.9. The van der Waals surface area contributed by atoms with Gasteiger partial charge in [0, 0.05) is 45.0 Å². The molecule has 0 bridgehead atoms. The van der Waals surface area contributed by atoms with Gasteiger partial charge in [-0.1, -0.05) is 48.9 Å². The predicted octanol–water partition coefficient (Wildman–Crippen LogP) is 3.83. The molecule has 2 fully saturated rings. The fourth-order valence-corrected chi connectivity index (χ4v) is 4.08. The summed E-state index contributed by atoms with van der Waals surface area (Å²) < 4.78 is 0. The first kappa shape index (κ1) is 22.9. The number of piperazine rings is 1. The van der Waals surface area contributed by atoms with Gasteiger partial charge in [-0.25, -0.2) is 4.99 Å². The first-order valence-corrected chi connectivity index (χ1v) is 10.9. The number of guanidine groups is 1. The van der Waals surface area contributed by atoms with Crippen molar-refractivity contribution in [1.82, 2.24) is 10.2 Å². The number of nitrogens with two attached hydrogens (primary N) is 1. The van der Waals surface area contributed by atoms with Gasteiger partial charge in [-0.2, -0.15) is 0 Å². The van der Waals surface area contributed by atoms with Crippen LogP contribution in [-0.2, 0) is 13.1 Å². The fourth-order valence-electron chi connectivity index (χ4n) is 4.08. The lowest BCUT2D eigenvalue weighted by atomic mass is 9.85. The second-order valence-corrected chi connectivity index (χ2v) is 8.25. The third-order valence-electron chi connectivity index (χ3n) is 6.22. The van der Waals surface area contributed by atoms with Gasteiger partial charge < -0.3 is 16.0 Å². The number of anilines is 1. The van der Waals surface area contributed by atoms with Crippen LogP contribution in [0.1, 0.15) is 30.4 Å². The molecular formula is C24H34IN5. The molecule has 4 rings (SSSR count). The van der Waals surface area contributed by atoms with Crippen LogP contribution in [0.3, 0.4) is 0 Å². The number of aliphatic imine (C=N–C) groups is 1. The maximum Gasteiger partial charge on any atom is 0.188 e. The highest BCUT2D eigenvalue weighted by Gasteiger charge is 2.18. The lowest BCUT2D eigenvalue weighted by molar-refractivity contribution is 0.249. The van der Waals surface area contributed by atoms with Gasteiger partial charge in [-0.05, 0) is 42.0 Å². The molecule has 30 heavy (non-hydrogen) atoms. The standard InChI is InChI=1S/C24H33N5.HI/c25-24(26-17-20-7-6-8-20)27-18-21-9-4-5-10-22(21)19-28-13-15-29(16-14-28)23-11-2-1-3-12-23;/h1-5,9-12,20H,6-8,13-19H2,(H3,25,26,27);1H. The zero-order valence-corrected chi connectivity index (χ0v) is 20.0. The van der Waals surface area contributed by atoms with Crippen molar-refractivity contribution in [2.24, 2.45) is 16.6 Å². The van der Waals surface area contributed by atoms with Crippen molar-refractivity contribution >= 4 is 35.6 Å². The summed E-state index contributed by atoms with van der Waals surface area (Å²) in [4.78, 5) is 9.60. The summed E-state index contributed by atoms with van der Waals surface area (Å²) in [5.41, 5.74) is 10.0. The molecule has 0 atom stereocenters. The number of nitrogens with one attached hydrogen (secondary N) is 1. The number of benzene rings is 2. The van der Waals surface area contributed by atoms with E-state index in [2.05, 4.69) is 74.7 Å². The zero-order valence-electron chi connectivity index (χ0n) is 17.7. The number of rotatable bonds is 7. The molecule has 1 saturated heterocycles. The molecule has 6 heteroatoms. The average molecular weight is 519 g/mol. The second kappa shape index (κ2) is 11.6. The Bertz CT molecular complexity index is 798. The Balaban J connectivity index is 0.00000256. The molecule has 2 aromatic rings. The van der Waals surface area contributed by atoms with E-state index in [4.69, 9.17) is 5.73 Å². The molecule has 2 aromatic carbocycles. The van der Waals surface area contributed by atoms with E-state index in [9.17, 15) is 0 Å². The van der Waals surface area contributed by atoms with Crippen LogP contribution in [0.2, 0.25) is 0 Å². The molecule has 1 saturated carbocycles. The Morgan fingerprint density at radius 2 is 1.60 bits per heavy atom. The molecule has 1 aliphatic carbocycles. The summed E-state index contributed by atoms with van der Waals surface area (Å²) in [6.07, 6.45) is 4.00. The number of halogens is 1. The molecule has 162 valence electrons. The third-order valence-corrected chi connectivity index (χ3v) is 6.22. The summed E-state index contributed by atoms with van der Waals surface area (Å²) in [6.45, 7) is 6.88. The maximum atomic E-state index is 6.08. The number of hydrogen-bond donors (Lipinski definition) is 2. The highest BCUT2D eigenvalue weighted by molar-refractivity contribution is 14.0. The van der Waals surface area contributed by atoms with Crippen molar-refractivity contribution in [3.63, 3.8) is 0 Å². The molecule has 0 aromatic heterocycles. The largest absolute Gasteiger partial charge is 0.370 e. The minimum absolute atomic E-state index is 0. The van der Waals surface area contributed by atoms with Crippen molar-refractivity contribution < 1.29 is 0 Å². The first-order chi connectivity index (χ1) is 14.3. The highest BCUT2D eigenvalue weighted by Crippen LogP contribution is 2.25. The minimum Gasteiger partial charge on any atom is -0.370 e. The normalized spacial score (nSPS) is 17.9. The van der Waals surface area contributed by atoms with E-state index in [1.165, 1.54) is 36.1 Å². The Morgan fingerprint density at radius 1 is 0.933 bits per heavy atom. The molecule has 0 spiro atoms. The summed E-state index contributed by atoms with van der Waals surface area (Å²) in [5.74, 6) is 1.36. The second-order valence-electron chi connectivity index (χ2n) is 8.25. The smallest absolute Gasteiger partial charge is 0.188 e. The lowest BCUT2D eigenvalue weighted by Gasteiger charge is -2.36. The molecule has 0 radical (unpaired) electrons. The molecule has 1 heterocycles. The summed E-state index contributed by atoms with van der Waals surface area (Å²) in [7, 11) is 0. The van der Waals surface area contributed by atoms with Crippen LogP contribution in [0, 0.1) is 5.92 Å². The van der Waals surface area contributed by atoms with E-state index < -0.39 is 0 Å². The molecule has 2 aliphatic rings. The van der Waals surface area contributed by atoms with Crippen LogP contribution < -0.4 is 16.0 Å². The van der Waals surface area contributed by atoms with Crippen LogP contribution in [0.15, 0.2) is 59.6 Å². The Hall–Kier alpha value is -1.80. The lowest BCUT2D eigenvalue weighted by Crippen LogP contribution is -2.46. The van der Waals surface area contributed by atoms with Crippen molar-refractivity contribution in [2.45, 2.75) is 32.4 Å². The Morgan fingerprint density at radius 3 is 2.27 bits per heavy atom. The van der Waals surface area contributed by atoms with Gasteiger partial charge in [0.05, 0.1) is 6.54 Å². The topological polar surface area (TPSA) is 56.9 Å². The fraction of sp³-hybridized carbons (Fsp3) is 0.458. The van der Waals surface area contributed by atoms with Gasteiger partial charge in [0.2, 0.25) is 0 Å². The maximum absolute atomic E-state index is 6.08. The minimum atomic E-state index is 0. The van der Waals surface area contributed by atoms with Gasteiger partial charge in [0.15, 0.2) is 5.96 Å². The molecule has 3 N–H and O–H groups in total. The van der Waals surface area contributed by atoms with E-state index in [1.807, 2.05) is 0 Å². The van der Waals surface area contributed by atoms with Gasteiger partial charge in [-0.15, -0.1) is 24.0 Å². The zero-order chi connectivity index (χ0) is 19.9. The van der Waals surface area contributed by atoms with E-state index in [1.54, 1.807) is 0 Å². The van der Waals surface area contributed by atoms with Gasteiger partial charge in [0.1, 0.15) is 0 Å². The molecule has 0 amide bonds. The Labute approximate surface area is 197 Å². The predicted molar refractivity (Wildman–Crippen MR) is 136 cm³/mol. The van der Waals surface area contributed by atoms with Gasteiger partial charge in [-0.3, -0.25) is 4.90 Å². The molecular weight excluding hydrogens is 485 g/mol. The summed E-state index contributed by atoms with van der Waals surface area (Å²) in [5, 5.41) is 3.29. The number of nitrogens with zero attached hydrogens (tertiary/aromatic N) is 3. The third kappa shape index (κ3) is 6.35. The van der Waals surface area contributed by atoms with Crippen LogP contribution in [0.4, 0.5) is 5.69 Å². The SMILES string of the molecule is I.NC(=NCc1ccccc1CN1CCN(c2ccccc2)CC1)NCC1CCC1. The van der Waals surface area contributed by atoms with E-state index in [0.29, 0.717) is 12.5 Å². The van der Waals surface area contributed by atoms with Crippen LogP contribution in [0.5, 0.6) is 0 Å². The van der Waals surface area contributed by atoms with Gasteiger partial charge in [0.25, 0.3) is 0 Å². The number of para-hydroxylation sites is 1. The van der Waals surface area contributed by atoms with Crippen molar-refractivity contribution in [3.8, 4) is 0 Å². The molecule has 0 unspecified atom stereocenters. The summed E-state index contributed by atoms with van der Waals surface area (Å²) >= 11 is 0. The van der Waals surface area contributed by atoms with Gasteiger partial charge >= 0.3 is 0 Å². The van der Waals surface area contributed by atoms with E-state index in [-0.39, 0.29) is 24.0 Å². The molecule has 1 aliphatic heterocycles. The van der Waals surface area contributed by atoms with Crippen LogP contribution in [0.25, 0.3) is 0 Å². The average Bonchev–Trinajstić information content (AvgIpc) is 2.73. The van der Waals surface area contributed by atoms with Crippen molar-refractivity contribution in [1.29, 1.82) is 0 Å². The monoisotopic (exact) mass is 519 g/mol. The van der Waals surface area contributed by atoms with Crippen molar-refractivity contribution in [2.75, 3.05) is 37.6 Å². The van der Waals surface area contributed by atoms with E-state index >= 15 is 0 Å². The summed E-state index contributed by atoms with van der Waals surface area (Å²) in [6, 6.07) is 19.3. The van der Waals surface area contributed by atoms with Crippen LogP contribution in [-0.4, -0.2) is 43.6 Å². The van der Waals surface area contributed by atoms with Crippen molar-refractivity contribution in [3.05, 3.63) is 65.7 Å². The molecule has 5 nitrogen and oxygen atoms in total. The Kier molecular flexibility index (Phi) is 8.81. The highest BCUT2D eigenvalue weighted by atomic mass is 127. The quantitative estimate of drug-likeness (QED) is 0.332. The van der Waals surface area contributed by atoms with E-state index in [0.717, 1.165) is 45.2 Å².